The first kappa shape index (κ1) is 17.9. The van der Waals surface area contributed by atoms with E-state index < -0.39 is 61.4 Å². The third kappa shape index (κ3) is 2.98. The van der Waals surface area contributed by atoms with Gasteiger partial charge in [-0.05, 0) is 12.1 Å². The molecule has 0 N–H and O–H groups in total. The Morgan fingerprint density at radius 1 is 0.833 bits per heavy atom. The summed E-state index contributed by atoms with van der Waals surface area (Å²) in [5.74, 6) is -14.0. The molecule has 11 heteroatoms. The number of methoxy groups -OCH3 is 1. The Morgan fingerprint density at radius 2 is 1.38 bits per heavy atom. The largest absolute Gasteiger partial charge is 0.491 e. The van der Waals surface area contributed by atoms with Crippen LogP contribution in [0.3, 0.4) is 0 Å². The molecule has 2 aromatic carbocycles. The van der Waals surface area contributed by atoms with Crippen molar-refractivity contribution in [3.05, 3.63) is 53.1 Å². The van der Waals surface area contributed by atoms with Crippen LogP contribution in [0, 0.1) is 34.9 Å². The normalized spacial score (nSPS) is 11.5. The van der Waals surface area contributed by atoms with Crippen molar-refractivity contribution < 1.29 is 43.7 Å². The Bertz CT molecular complexity index is 884. The molecule has 0 aliphatic carbocycles. The fourth-order valence-electron chi connectivity index (χ4n) is 1.69. The zero-order valence-electron chi connectivity index (χ0n) is 11.5. The highest BCUT2D eigenvalue weighted by Crippen LogP contribution is 2.33. The van der Waals surface area contributed by atoms with E-state index in [1.54, 1.807) is 0 Å². The van der Waals surface area contributed by atoms with Crippen LogP contribution in [0.25, 0.3) is 0 Å². The van der Waals surface area contributed by atoms with E-state index in [4.69, 9.17) is 0 Å². The number of rotatable bonds is 4. The average molecular weight is 372 g/mol. The number of hydrogen-bond acceptors (Lipinski definition) is 4. The molecule has 0 heterocycles. The minimum Gasteiger partial charge on any atom is -0.491 e. The SMILES string of the molecule is COc1c(F)c(F)c(S(=O)(=O)Oc2ccc(F)c(F)c2)c(F)c1F. The second kappa shape index (κ2) is 6.23. The Hall–Kier alpha value is -2.43. The standard InChI is InChI=1S/C13H6F6O4S/c1-22-12-8(16)10(18)13(11(19)9(12)17)24(20,21)23-5-2-3-6(14)7(15)4-5/h2-4H,1H3. The van der Waals surface area contributed by atoms with Crippen molar-refractivity contribution in [1.82, 2.24) is 0 Å². The number of halogens is 6. The van der Waals surface area contributed by atoms with Crippen LogP contribution in [0.5, 0.6) is 11.5 Å². The second-order valence-electron chi connectivity index (χ2n) is 4.23. The molecule has 0 amide bonds. The van der Waals surface area contributed by atoms with Crippen LogP contribution in [0.4, 0.5) is 26.3 Å². The van der Waals surface area contributed by atoms with Crippen LogP contribution in [-0.2, 0) is 10.1 Å². The van der Waals surface area contributed by atoms with Crippen molar-refractivity contribution in [3.8, 4) is 11.5 Å². The molecule has 0 aliphatic heterocycles. The molecule has 0 atom stereocenters. The maximum atomic E-state index is 13.8. The summed E-state index contributed by atoms with van der Waals surface area (Å²) in [7, 11) is -4.75. The van der Waals surface area contributed by atoms with Gasteiger partial charge in [0.05, 0.1) is 7.11 Å². The van der Waals surface area contributed by atoms with E-state index >= 15 is 0 Å². The molecule has 24 heavy (non-hydrogen) atoms. The van der Waals surface area contributed by atoms with E-state index in [0.717, 1.165) is 0 Å². The van der Waals surface area contributed by atoms with Gasteiger partial charge in [0, 0.05) is 6.07 Å². The lowest BCUT2D eigenvalue weighted by Gasteiger charge is -2.12. The van der Waals surface area contributed by atoms with E-state index in [0.29, 0.717) is 19.2 Å². The van der Waals surface area contributed by atoms with Crippen LogP contribution in [0.1, 0.15) is 0 Å². The van der Waals surface area contributed by atoms with Gasteiger partial charge in [-0.2, -0.15) is 17.2 Å². The predicted molar refractivity (Wildman–Crippen MR) is 67.0 cm³/mol. The first-order valence-electron chi connectivity index (χ1n) is 5.89. The summed E-state index contributed by atoms with van der Waals surface area (Å²) in [5, 5.41) is 0. The van der Waals surface area contributed by atoms with E-state index in [-0.39, 0.29) is 6.07 Å². The quantitative estimate of drug-likeness (QED) is 0.470. The van der Waals surface area contributed by atoms with E-state index in [9.17, 15) is 34.8 Å². The minimum absolute atomic E-state index is 0.263. The number of benzene rings is 2. The number of hydrogen-bond donors (Lipinski definition) is 0. The van der Waals surface area contributed by atoms with Crippen molar-refractivity contribution in [1.29, 1.82) is 0 Å². The zero-order valence-corrected chi connectivity index (χ0v) is 12.4. The summed E-state index contributed by atoms with van der Waals surface area (Å²) in [6.07, 6.45) is 0. The molecule has 0 spiro atoms. The molecule has 2 rings (SSSR count). The summed E-state index contributed by atoms with van der Waals surface area (Å²) in [4.78, 5) is -2.08. The molecule has 130 valence electrons. The summed E-state index contributed by atoms with van der Waals surface area (Å²) in [6, 6.07) is 1.36. The lowest BCUT2D eigenvalue weighted by molar-refractivity contribution is 0.320. The van der Waals surface area contributed by atoms with Gasteiger partial charge in [0.2, 0.25) is 11.6 Å². The Morgan fingerprint density at radius 3 is 1.83 bits per heavy atom. The lowest BCUT2D eigenvalue weighted by Crippen LogP contribution is -2.17. The molecule has 2 aromatic rings. The fourth-order valence-corrected chi connectivity index (χ4v) is 2.75. The summed E-state index contributed by atoms with van der Waals surface area (Å²) in [6.45, 7) is 0. The van der Waals surface area contributed by atoms with Gasteiger partial charge in [-0.25, -0.2) is 17.6 Å². The second-order valence-corrected chi connectivity index (χ2v) is 5.71. The first-order valence-corrected chi connectivity index (χ1v) is 7.30. The number of ether oxygens (including phenoxy) is 1. The molecule has 0 aromatic heterocycles. The van der Waals surface area contributed by atoms with Gasteiger partial charge in [-0.1, -0.05) is 0 Å². The first-order chi connectivity index (χ1) is 11.1. The molecule has 4 nitrogen and oxygen atoms in total. The van der Waals surface area contributed by atoms with Gasteiger partial charge >= 0.3 is 10.1 Å². The third-order valence-electron chi connectivity index (χ3n) is 2.73. The van der Waals surface area contributed by atoms with Gasteiger partial charge in [0.1, 0.15) is 5.75 Å². The van der Waals surface area contributed by atoms with Crippen LogP contribution >= 0.6 is 0 Å². The molecule has 0 fully saturated rings. The minimum atomic E-state index is -5.45. The highest BCUT2D eigenvalue weighted by molar-refractivity contribution is 7.87. The zero-order chi connectivity index (χ0) is 18.2. The van der Waals surface area contributed by atoms with Crippen molar-refractivity contribution in [2.24, 2.45) is 0 Å². The Balaban J connectivity index is 2.59. The van der Waals surface area contributed by atoms with Crippen LogP contribution in [-0.4, -0.2) is 15.5 Å². The van der Waals surface area contributed by atoms with Crippen LogP contribution in [0.15, 0.2) is 23.1 Å². The maximum Gasteiger partial charge on any atom is 0.345 e. The third-order valence-corrected chi connectivity index (χ3v) is 4.00. The van der Waals surface area contributed by atoms with Gasteiger partial charge in [-0.15, -0.1) is 0 Å². The smallest absolute Gasteiger partial charge is 0.345 e. The van der Waals surface area contributed by atoms with E-state index in [2.05, 4.69) is 8.92 Å². The van der Waals surface area contributed by atoms with E-state index in [1.807, 2.05) is 0 Å². The predicted octanol–water partition coefficient (Wildman–Crippen LogP) is 3.30. The summed E-state index contributed by atoms with van der Waals surface area (Å²) in [5.41, 5.74) is 0. The topological polar surface area (TPSA) is 52.6 Å². The monoisotopic (exact) mass is 372 g/mol. The molecule has 0 bridgehead atoms. The molecule has 0 radical (unpaired) electrons. The summed E-state index contributed by atoms with van der Waals surface area (Å²) < 4.78 is 112. The highest BCUT2D eigenvalue weighted by Gasteiger charge is 2.35. The average Bonchev–Trinajstić information content (AvgIpc) is 2.49. The molecule has 0 saturated carbocycles. The fraction of sp³-hybridized carbons (Fsp3) is 0.0769. The van der Waals surface area contributed by atoms with Gasteiger partial charge in [0.25, 0.3) is 0 Å². The van der Waals surface area contributed by atoms with Crippen molar-refractivity contribution in [3.63, 3.8) is 0 Å². The maximum absolute atomic E-state index is 13.8. The van der Waals surface area contributed by atoms with Crippen molar-refractivity contribution in [2.45, 2.75) is 4.90 Å². The van der Waals surface area contributed by atoms with Crippen LogP contribution < -0.4 is 8.92 Å². The van der Waals surface area contributed by atoms with E-state index in [1.165, 1.54) is 0 Å². The van der Waals surface area contributed by atoms with Gasteiger partial charge in [-0.3, -0.25) is 0 Å². The van der Waals surface area contributed by atoms with Gasteiger partial charge in [0.15, 0.2) is 33.9 Å². The molecule has 0 unspecified atom stereocenters. The molecular weight excluding hydrogens is 366 g/mol. The van der Waals surface area contributed by atoms with Gasteiger partial charge < -0.3 is 8.92 Å². The van der Waals surface area contributed by atoms with Crippen molar-refractivity contribution >= 4 is 10.1 Å². The Kier molecular flexibility index (Phi) is 4.65. The lowest BCUT2D eigenvalue weighted by atomic mass is 10.3. The summed E-state index contributed by atoms with van der Waals surface area (Å²) >= 11 is 0. The molecule has 0 aliphatic rings. The van der Waals surface area contributed by atoms with Crippen LogP contribution in [0.2, 0.25) is 0 Å². The highest BCUT2D eigenvalue weighted by atomic mass is 32.2. The Labute approximate surface area is 131 Å². The van der Waals surface area contributed by atoms with Crippen molar-refractivity contribution in [2.75, 3.05) is 7.11 Å². The molecule has 0 saturated heterocycles. The molecular formula is C13H6F6O4S.